The summed E-state index contributed by atoms with van der Waals surface area (Å²) >= 11 is 0. The second-order valence-corrected chi connectivity index (χ2v) is 8.72. The van der Waals surface area contributed by atoms with Crippen molar-refractivity contribution < 1.29 is 4.79 Å². The van der Waals surface area contributed by atoms with Crippen molar-refractivity contribution in [3.63, 3.8) is 0 Å². The van der Waals surface area contributed by atoms with Crippen LogP contribution >= 0.6 is 0 Å². The van der Waals surface area contributed by atoms with Crippen molar-refractivity contribution in [2.75, 3.05) is 26.2 Å². The molecule has 1 saturated heterocycles. The number of carbonyl (C=O) groups is 1. The number of rotatable bonds is 4. The molecule has 1 amide bonds. The third kappa shape index (κ3) is 4.71. The highest BCUT2D eigenvalue weighted by Crippen LogP contribution is 2.39. The minimum atomic E-state index is 0.240. The molecule has 1 aliphatic carbocycles. The Kier molecular flexibility index (Phi) is 6.53. The molecule has 1 aliphatic heterocycles. The fourth-order valence-corrected chi connectivity index (χ4v) is 4.64. The molecule has 2 rings (SSSR count). The predicted molar refractivity (Wildman–Crippen MR) is 97.4 cm³/mol. The van der Waals surface area contributed by atoms with Crippen molar-refractivity contribution in [3.05, 3.63) is 0 Å². The van der Waals surface area contributed by atoms with Crippen LogP contribution < -0.4 is 0 Å². The van der Waals surface area contributed by atoms with Gasteiger partial charge in [-0.15, -0.1) is 0 Å². The van der Waals surface area contributed by atoms with Gasteiger partial charge in [0.25, 0.3) is 0 Å². The van der Waals surface area contributed by atoms with Gasteiger partial charge in [-0.2, -0.15) is 0 Å². The van der Waals surface area contributed by atoms with Crippen molar-refractivity contribution in [2.45, 2.75) is 79.2 Å². The van der Waals surface area contributed by atoms with Gasteiger partial charge in [0.05, 0.1) is 5.92 Å². The fraction of sp³-hybridized carbons (Fsp3) is 0.950. The Balaban J connectivity index is 1.88. The molecule has 23 heavy (non-hydrogen) atoms. The molecular weight excluding hydrogens is 284 g/mol. The Morgan fingerprint density at radius 3 is 2.17 bits per heavy atom. The van der Waals surface area contributed by atoms with Gasteiger partial charge in [0.2, 0.25) is 5.91 Å². The summed E-state index contributed by atoms with van der Waals surface area (Å²) in [5.41, 5.74) is 0.453. The summed E-state index contributed by atoms with van der Waals surface area (Å²) in [5, 5.41) is 0. The SMILES string of the molecule is CCN(CC)C(=O)[C@H]1CCCN(C2CCC(C(C)(C)C)CC2)C1. The number of carbonyl (C=O) groups excluding carboxylic acids is 1. The minimum Gasteiger partial charge on any atom is -0.343 e. The Labute approximate surface area is 143 Å². The quantitative estimate of drug-likeness (QED) is 0.775. The van der Waals surface area contributed by atoms with Crippen LogP contribution in [0.1, 0.15) is 73.1 Å². The summed E-state index contributed by atoms with van der Waals surface area (Å²) in [4.78, 5) is 17.3. The molecule has 0 aromatic carbocycles. The predicted octanol–water partition coefficient (Wildman–Crippen LogP) is 4.17. The van der Waals surface area contributed by atoms with E-state index in [9.17, 15) is 4.79 Å². The molecule has 2 aliphatic rings. The number of hydrogen-bond acceptors (Lipinski definition) is 2. The van der Waals surface area contributed by atoms with Gasteiger partial charge in [0.1, 0.15) is 0 Å². The molecule has 1 atom stereocenters. The lowest BCUT2D eigenvalue weighted by atomic mass is 9.71. The second-order valence-electron chi connectivity index (χ2n) is 8.72. The van der Waals surface area contributed by atoms with E-state index in [2.05, 4.69) is 39.5 Å². The topological polar surface area (TPSA) is 23.6 Å². The highest BCUT2D eigenvalue weighted by atomic mass is 16.2. The molecule has 134 valence electrons. The van der Waals surface area contributed by atoms with Crippen LogP contribution in [0.25, 0.3) is 0 Å². The van der Waals surface area contributed by atoms with Crippen molar-refractivity contribution in [2.24, 2.45) is 17.3 Å². The maximum Gasteiger partial charge on any atom is 0.226 e. The maximum absolute atomic E-state index is 12.7. The van der Waals surface area contributed by atoms with E-state index in [1.54, 1.807) is 0 Å². The third-order valence-corrected chi connectivity index (χ3v) is 6.32. The normalized spacial score (nSPS) is 30.2. The fourth-order valence-electron chi connectivity index (χ4n) is 4.64. The first kappa shape index (κ1) is 18.8. The van der Waals surface area contributed by atoms with E-state index in [0.717, 1.165) is 38.0 Å². The van der Waals surface area contributed by atoms with Gasteiger partial charge in [0.15, 0.2) is 0 Å². The van der Waals surface area contributed by atoms with Crippen LogP contribution in [0.4, 0.5) is 0 Å². The van der Waals surface area contributed by atoms with E-state index < -0.39 is 0 Å². The first-order valence-corrected chi connectivity index (χ1v) is 9.89. The van der Waals surface area contributed by atoms with Crippen LogP contribution in [0.15, 0.2) is 0 Å². The van der Waals surface area contributed by atoms with Gasteiger partial charge in [-0.3, -0.25) is 9.69 Å². The zero-order valence-electron chi connectivity index (χ0n) is 16.1. The lowest BCUT2D eigenvalue weighted by Crippen LogP contribution is -2.49. The van der Waals surface area contributed by atoms with E-state index in [0.29, 0.717) is 11.3 Å². The molecule has 0 spiro atoms. The van der Waals surface area contributed by atoms with E-state index in [-0.39, 0.29) is 5.92 Å². The summed E-state index contributed by atoms with van der Waals surface area (Å²) in [7, 11) is 0. The van der Waals surface area contributed by atoms with E-state index in [1.165, 1.54) is 38.6 Å². The van der Waals surface area contributed by atoms with Crippen LogP contribution in [0.3, 0.4) is 0 Å². The zero-order valence-corrected chi connectivity index (χ0v) is 16.1. The second kappa shape index (κ2) is 8.00. The number of hydrogen-bond donors (Lipinski definition) is 0. The van der Waals surface area contributed by atoms with Crippen LogP contribution in [-0.2, 0) is 4.79 Å². The standard InChI is InChI=1S/C20H38N2O/c1-6-21(7-2)19(23)16-9-8-14-22(15-16)18-12-10-17(11-13-18)20(3,4)5/h16-18H,6-15H2,1-5H3/t16-,17?,18?/m0/s1. The Hall–Kier alpha value is -0.570. The van der Waals surface area contributed by atoms with Crippen LogP contribution in [0, 0.1) is 17.3 Å². The van der Waals surface area contributed by atoms with E-state index in [1.807, 2.05) is 4.90 Å². The van der Waals surface area contributed by atoms with Crippen LogP contribution in [0.5, 0.6) is 0 Å². The monoisotopic (exact) mass is 322 g/mol. The lowest BCUT2D eigenvalue weighted by molar-refractivity contribution is -0.137. The first-order chi connectivity index (χ1) is 10.9. The molecule has 0 radical (unpaired) electrons. The molecule has 0 aromatic rings. The van der Waals surface area contributed by atoms with Gasteiger partial charge < -0.3 is 4.90 Å². The van der Waals surface area contributed by atoms with Crippen molar-refractivity contribution in [1.29, 1.82) is 0 Å². The molecule has 3 nitrogen and oxygen atoms in total. The Morgan fingerprint density at radius 1 is 1.04 bits per heavy atom. The summed E-state index contributed by atoms with van der Waals surface area (Å²) < 4.78 is 0. The highest BCUT2D eigenvalue weighted by Gasteiger charge is 2.35. The molecule has 1 saturated carbocycles. The highest BCUT2D eigenvalue weighted by molar-refractivity contribution is 5.79. The number of nitrogens with zero attached hydrogens (tertiary/aromatic N) is 2. The maximum atomic E-state index is 12.7. The lowest BCUT2D eigenvalue weighted by Gasteiger charge is -2.44. The van der Waals surface area contributed by atoms with Gasteiger partial charge in [-0.1, -0.05) is 20.8 Å². The minimum absolute atomic E-state index is 0.240. The van der Waals surface area contributed by atoms with Gasteiger partial charge in [0, 0.05) is 25.7 Å². The van der Waals surface area contributed by atoms with Gasteiger partial charge in [-0.05, 0) is 70.3 Å². The smallest absolute Gasteiger partial charge is 0.226 e. The molecule has 0 bridgehead atoms. The Bertz CT molecular complexity index is 376. The first-order valence-electron chi connectivity index (χ1n) is 9.89. The zero-order chi connectivity index (χ0) is 17.0. The average Bonchev–Trinajstić information content (AvgIpc) is 2.55. The molecule has 0 unspecified atom stereocenters. The van der Waals surface area contributed by atoms with E-state index in [4.69, 9.17) is 0 Å². The van der Waals surface area contributed by atoms with Crippen LogP contribution in [0.2, 0.25) is 0 Å². The van der Waals surface area contributed by atoms with Crippen molar-refractivity contribution in [3.8, 4) is 0 Å². The summed E-state index contributed by atoms with van der Waals surface area (Å²) in [6.07, 6.45) is 7.65. The molecule has 3 heteroatoms. The van der Waals surface area contributed by atoms with Gasteiger partial charge in [-0.25, -0.2) is 0 Å². The van der Waals surface area contributed by atoms with Gasteiger partial charge >= 0.3 is 0 Å². The summed E-state index contributed by atoms with van der Waals surface area (Å²) in [5.74, 6) is 1.50. The summed E-state index contributed by atoms with van der Waals surface area (Å²) in [6.45, 7) is 15.2. The van der Waals surface area contributed by atoms with Crippen molar-refractivity contribution >= 4 is 5.91 Å². The number of likely N-dealkylation sites (tertiary alicyclic amines) is 1. The van der Waals surface area contributed by atoms with Crippen LogP contribution in [-0.4, -0.2) is 47.9 Å². The Morgan fingerprint density at radius 2 is 1.65 bits per heavy atom. The van der Waals surface area contributed by atoms with E-state index >= 15 is 0 Å². The molecule has 0 N–H and O–H groups in total. The number of piperidine rings is 1. The summed E-state index contributed by atoms with van der Waals surface area (Å²) in [6, 6.07) is 0.723. The molecule has 0 aromatic heterocycles. The molecular formula is C20H38N2O. The molecule has 2 fully saturated rings. The molecule has 1 heterocycles. The largest absolute Gasteiger partial charge is 0.343 e. The number of amides is 1. The third-order valence-electron chi connectivity index (χ3n) is 6.32. The van der Waals surface area contributed by atoms with Crippen molar-refractivity contribution in [1.82, 2.24) is 9.80 Å². The average molecular weight is 323 g/mol.